The summed E-state index contributed by atoms with van der Waals surface area (Å²) in [6.07, 6.45) is 0. The van der Waals surface area contributed by atoms with E-state index in [-0.39, 0.29) is 23.1 Å². The van der Waals surface area contributed by atoms with Crippen LogP contribution in [0, 0.1) is 0 Å². The van der Waals surface area contributed by atoms with E-state index in [1.54, 1.807) is 0 Å². The molecule has 1 aliphatic rings. The van der Waals surface area contributed by atoms with E-state index in [0.29, 0.717) is 6.54 Å². The standard InChI is InChI=1S/C7H16N2O2S/c1-7(2,8)5-9-6-3-12(10,11)4-6/h6,9H,3-5,8H2,1-2H3. The molecule has 0 unspecified atom stereocenters. The van der Waals surface area contributed by atoms with Gasteiger partial charge in [-0.1, -0.05) is 0 Å². The van der Waals surface area contributed by atoms with Gasteiger partial charge in [-0.05, 0) is 13.8 Å². The second-order valence-electron chi connectivity index (χ2n) is 4.14. The third-order valence-electron chi connectivity index (χ3n) is 1.76. The van der Waals surface area contributed by atoms with Gasteiger partial charge in [0.05, 0.1) is 11.5 Å². The molecule has 1 fully saturated rings. The lowest BCUT2D eigenvalue weighted by Gasteiger charge is -2.30. The Morgan fingerprint density at radius 3 is 2.33 bits per heavy atom. The number of hydrogen-bond donors (Lipinski definition) is 2. The molecule has 0 aliphatic carbocycles. The highest BCUT2D eigenvalue weighted by Gasteiger charge is 2.33. The zero-order valence-electron chi connectivity index (χ0n) is 7.50. The third kappa shape index (κ3) is 3.08. The van der Waals surface area contributed by atoms with E-state index in [2.05, 4.69) is 5.32 Å². The van der Waals surface area contributed by atoms with Crippen molar-refractivity contribution in [3.63, 3.8) is 0 Å². The first-order valence-corrected chi connectivity index (χ1v) is 5.83. The molecule has 5 heteroatoms. The van der Waals surface area contributed by atoms with Crippen LogP contribution in [-0.2, 0) is 9.84 Å². The first-order valence-electron chi connectivity index (χ1n) is 4.01. The van der Waals surface area contributed by atoms with Crippen LogP contribution in [0.5, 0.6) is 0 Å². The summed E-state index contributed by atoms with van der Waals surface area (Å²) in [6.45, 7) is 4.48. The van der Waals surface area contributed by atoms with Gasteiger partial charge in [-0.25, -0.2) is 8.42 Å². The maximum atomic E-state index is 10.8. The number of hydrogen-bond acceptors (Lipinski definition) is 4. The highest BCUT2D eigenvalue weighted by molar-refractivity contribution is 7.92. The minimum absolute atomic E-state index is 0.123. The quantitative estimate of drug-likeness (QED) is 0.608. The van der Waals surface area contributed by atoms with E-state index in [1.165, 1.54) is 0 Å². The van der Waals surface area contributed by atoms with Gasteiger partial charge < -0.3 is 11.1 Å². The summed E-state index contributed by atoms with van der Waals surface area (Å²) in [5.41, 5.74) is 5.45. The molecule has 1 rings (SSSR count). The van der Waals surface area contributed by atoms with Crippen LogP contribution >= 0.6 is 0 Å². The van der Waals surface area contributed by atoms with E-state index in [9.17, 15) is 8.42 Å². The Hall–Kier alpha value is -0.130. The van der Waals surface area contributed by atoms with Crippen molar-refractivity contribution in [2.45, 2.75) is 25.4 Å². The first-order chi connectivity index (χ1) is 5.29. The van der Waals surface area contributed by atoms with Crippen LogP contribution in [0.3, 0.4) is 0 Å². The van der Waals surface area contributed by atoms with Crippen molar-refractivity contribution in [1.82, 2.24) is 5.32 Å². The van der Waals surface area contributed by atoms with Crippen molar-refractivity contribution >= 4 is 9.84 Å². The molecule has 0 aromatic heterocycles. The molecular weight excluding hydrogens is 176 g/mol. The van der Waals surface area contributed by atoms with Crippen molar-refractivity contribution in [1.29, 1.82) is 0 Å². The van der Waals surface area contributed by atoms with Gasteiger partial charge >= 0.3 is 0 Å². The Bertz CT molecular complexity index is 241. The highest BCUT2D eigenvalue weighted by Crippen LogP contribution is 2.10. The zero-order valence-corrected chi connectivity index (χ0v) is 8.32. The van der Waals surface area contributed by atoms with Gasteiger partial charge in [0, 0.05) is 18.1 Å². The van der Waals surface area contributed by atoms with Crippen molar-refractivity contribution in [3.8, 4) is 0 Å². The van der Waals surface area contributed by atoms with Crippen molar-refractivity contribution in [3.05, 3.63) is 0 Å². The van der Waals surface area contributed by atoms with Gasteiger partial charge in [-0.15, -0.1) is 0 Å². The molecular formula is C7H16N2O2S. The molecule has 0 aromatic rings. The SMILES string of the molecule is CC(C)(N)CNC1CS(=O)(=O)C1. The average Bonchev–Trinajstić information content (AvgIpc) is 1.76. The van der Waals surface area contributed by atoms with Crippen LogP contribution in [0.25, 0.3) is 0 Å². The van der Waals surface area contributed by atoms with Crippen LogP contribution < -0.4 is 11.1 Å². The minimum atomic E-state index is -2.70. The van der Waals surface area contributed by atoms with Gasteiger partial charge in [-0.3, -0.25) is 0 Å². The summed E-state index contributed by atoms with van der Waals surface area (Å²) < 4.78 is 21.5. The molecule has 0 atom stereocenters. The smallest absolute Gasteiger partial charge is 0.153 e. The van der Waals surface area contributed by atoms with E-state index in [0.717, 1.165) is 0 Å². The van der Waals surface area contributed by atoms with E-state index in [1.807, 2.05) is 13.8 Å². The van der Waals surface area contributed by atoms with Crippen molar-refractivity contribution in [2.24, 2.45) is 5.73 Å². The Balaban J connectivity index is 2.21. The Labute approximate surface area is 73.4 Å². The molecule has 1 heterocycles. The lowest BCUT2D eigenvalue weighted by Crippen LogP contribution is -2.55. The molecule has 0 amide bonds. The minimum Gasteiger partial charge on any atom is -0.324 e. The molecule has 0 bridgehead atoms. The number of nitrogens with two attached hydrogens (primary N) is 1. The van der Waals surface area contributed by atoms with Gasteiger partial charge in [0.25, 0.3) is 0 Å². The van der Waals surface area contributed by atoms with E-state index in [4.69, 9.17) is 5.73 Å². The summed E-state index contributed by atoms with van der Waals surface area (Å²) in [6, 6.07) is 0.123. The lowest BCUT2D eigenvalue weighted by atomic mass is 10.1. The Morgan fingerprint density at radius 1 is 1.50 bits per heavy atom. The fourth-order valence-corrected chi connectivity index (χ4v) is 2.45. The average molecular weight is 192 g/mol. The van der Waals surface area contributed by atoms with Gasteiger partial charge in [0.2, 0.25) is 0 Å². The number of sulfone groups is 1. The summed E-state index contributed by atoms with van der Waals surface area (Å²) in [7, 11) is -2.70. The maximum Gasteiger partial charge on any atom is 0.153 e. The van der Waals surface area contributed by atoms with Crippen LogP contribution in [0.15, 0.2) is 0 Å². The van der Waals surface area contributed by atoms with E-state index >= 15 is 0 Å². The first kappa shape index (κ1) is 9.95. The van der Waals surface area contributed by atoms with Gasteiger partial charge in [0.15, 0.2) is 9.84 Å². The molecule has 12 heavy (non-hydrogen) atoms. The van der Waals surface area contributed by atoms with Gasteiger partial charge in [0.1, 0.15) is 0 Å². The van der Waals surface area contributed by atoms with Crippen LogP contribution in [0.2, 0.25) is 0 Å². The predicted molar refractivity (Wildman–Crippen MR) is 48.7 cm³/mol. The van der Waals surface area contributed by atoms with Crippen molar-refractivity contribution in [2.75, 3.05) is 18.1 Å². The molecule has 0 aromatic carbocycles. The topological polar surface area (TPSA) is 72.2 Å². The van der Waals surface area contributed by atoms with Crippen LogP contribution in [-0.4, -0.2) is 38.0 Å². The number of nitrogens with one attached hydrogen (secondary N) is 1. The molecule has 0 radical (unpaired) electrons. The molecule has 72 valence electrons. The van der Waals surface area contributed by atoms with Crippen molar-refractivity contribution < 1.29 is 8.42 Å². The lowest BCUT2D eigenvalue weighted by molar-refractivity contribution is 0.426. The van der Waals surface area contributed by atoms with E-state index < -0.39 is 9.84 Å². The number of rotatable bonds is 3. The maximum absolute atomic E-state index is 10.8. The summed E-state index contributed by atoms with van der Waals surface area (Å²) in [5.74, 6) is 0.534. The Morgan fingerprint density at radius 2 is 2.00 bits per heavy atom. The highest BCUT2D eigenvalue weighted by atomic mass is 32.2. The van der Waals surface area contributed by atoms with Crippen LogP contribution in [0.1, 0.15) is 13.8 Å². The normalized spacial score (nSPS) is 23.6. The van der Waals surface area contributed by atoms with Gasteiger partial charge in [-0.2, -0.15) is 0 Å². The molecule has 0 saturated carbocycles. The molecule has 0 spiro atoms. The zero-order chi connectivity index (χ0) is 9.41. The van der Waals surface area contributed by atoms with Crippen LogP contribution in [0.4, 0.5) is 0 Å². The predicted octanol–water partition coefficient (Wildman–Crippen LogP) is -0.890. The second-order valence-corrected chi connectivity index (χ2v) is 6.30. The summed E-state index contributed by atoms with van der Waals surface area (Å²) in [4.78, 5) is 0. The summed E-state index contributed by atoms with van der Waals surface area (Å²) >= 11 is 0. The third-order valence-corrected chi connectivity index (χ3v) is 3.58. The fraction of sp³-hybridized carbons (Fsp3) is 1.00. The molecule has 1 saturated heterocycles. The largest absolute Gasteiger partial charge is 0.324 e. The molecule has 1 aliphatic heterocycles. The molecule has 4 nitrogen and oxygen atoms in total. The monoisotopic (exact) mass is 192 g/mol. The molecule has 3 N–H and O–H groups in total. The Kier molecular flexibility index (Phi) is 2.47. The second kappa shape index (κ2) is 2.97. The fourth-order valence-electron chi connectivity index (χ4n) is 1.09. The summed E-state index contributed by atoms with van der Waals surface area (Å²) in [5, 5.41) is 3.11.